The first kappa shape index (κ1) is 11.1. The van der Waals surface area contributed by atoms with Crippen LogP contribution in [0.2, 0.25) is 0 Å². The summed E-state index contributed by atoms with van der Waals surface area (Å²) in [7, 11) is -2.86. The van der Waals surface area contributed by atoms with Crippen LogP contribution in [0.25, 0.3) is 0 Å². The molecule has 2 aliphatic heterocycles. The number of ether oxygens (including phenoxy) is 2. The Bertz CT molecular complexity index is 296. The van der Waals surface area contributed by atoms with Crippen LogP contribution < -0.4 is 0 Å². The van der Waals surface area contributed by atoms with Crippen LogP contribution in [-0.2, 0) is 19.3 Å². The smallest absolute Gasteiger partial charge is 0.154 e. The standard InChI is InChI=1S/C8H13IO4S/c9-7-4-14(10,11)5-8(7)13-6-1-2-12-3-6/h6-8H,1-5H2. The molecule has 3 unspecified atom stereocenters. The summed E-state index contributed by atoms with van der Waals surface area (Å²) < 4.78 is 33.6. The minimum absolute atomic E-state index is 0.0956. The number of halogens is 1. The zero-order chi connectivity index (χ0) is 10.2. The lowest BCUT2D eigenvalue weighted by Crippen LogP contribution is -2.28. The van der Waals surface area contributed by atoms with Gasteiger partial charge in [-0.05, 0) is 6.42 Å². The van der Waals surface area contributed by atoms with Gasteiger partial charge in [0.05, 0.1) is 34.2 Å². The Morgan fingerprint density at radius 2 is 2.14 bits per heavy atom. The first-order valence-electron chi connectivity index (χ1n) is 4.64. The van der Waals surface area contributed by atoms with E-state index in [-0.39, 0.29) is 27.6 Å². The van der Waals surface area contributed by atoms with Gasteiger partial charge < -0.3 is 9.47 Å². The third kappa shape index (κ3) is 2.59. The van der Waals surface area contributed by atoms with Crippen LogP contribution >= 0.6 is 22.6 Å². The summed E-state index contributed by atoms with van der Waals surface area (Å²) in [5.74, 6) is 0.433. The minimum Gasteiger partial charge on any atom is -0.379 e. The minimum atomic E-state index is -2.86. The Morgan fingerprint density at radius 3 is 2.64 bits per heavy atom. The maximum atomic E-state index is 11.3. The van der Waals surface area contributed by atoms with Gasteiger partial charge in [0.1, 0.15) is 0 Å². The third-order valence-electron chi connectivity index (χ3n) is 2.49. The molecule has 0 amide bonds. The SMILES string of the molecule is O=S1(=O)CC(I)C(OC2CCOC2)C1. The molecule has 14 heavy (non-hydrogen) atoms. The van der Waals surface area contributed by atoms with Crippen molar-refractivity contribution in [1.82, 2.24) is 0 Å². The number of rotatable bonds is 2. The van der Waals surface area contributed by atoms with Crippen molar-refractivity contribution in [2.24, 2.45) is 0 Å². The maximum absolute atomic E-state index is 11.3. The van der Waals surface area contributed by atoms with Gasteiger partial charge in [-0.3, -0.25) is 0 Å². The van der Waals surface area contributed by atoms with E-state index in [9.17, 15) is 8.42 Å². The number of hydrogen-bond acceptors (Lipinski definition) is 4. The van der Waals surface area contributed by atoms with Crippen LogP contribution in [0.1, 0.15) is 6.42 Å². The molecule has 0 aromatic carbocycles. The van der Waals surface area contributed by atoms with E-state index < -0.39 is 9.84 Å². The molecule has 4 nitrogen and oxygen atoms in total. The molecular formula is C8H13IO4S. The van der Waals surface area contributed by atoms with Crippen LogP contribution in [0.5, 0.6) is 0 Å². The van der Waals surface area contributed by atoms with Gasteiger partial charge in [0.25, 0.3) is 0 Å². The average Bonchev–Trinajstić information content (AvgIpc) is 2.61. The molecule has 0 bridgehead atoms. The van der Waals surface area contributed by atoms with Gasteiger partial charge in [-0.25, -0.2) is 8.42 Å². The van der Waals surface area contributed by atoms with E-state index in [0.29, 0.717) is 6.61 Å². The van der Waals surface area contributed by atoms with E-state index in [0.717, 1.165) is 13.0 Å². The molecule has 2 saturated heterocycles. The lowest BCUT2D eigenvalue weighted by molar-refractivity contribution is 0.00179. The van der Waals surface area contributed by atoms with Crippen molar-refractivity contribution in [3.8, 4) is 0 Å². The molecule has 0 aromatic rings. The van der Waals surface area contributed by atoms with Gasteiger partial charge in [0, 0.05) is 6.61 Å². The lowest BCUT2D eigenvalue weighted by atomic mass is 10.3. The normalized spacial score (nSPS) is 41.6. The summed E-state index contributed by atoms with van der Waals surface area (Å²) in [6.45, 7) is 1.34. The predicted octanol–water partition coefficient (Wildman–Crippen LogP) is 0.393. The van der Waals surface area contributed by atoms with Gasteiger partial charge in [0.2, 0.25) is 0 Å². The highest BCUT2D eigenvalue weighted by atomic mass is 127. The molecule has 0 aromatic heterocycles. The second-order valence-corrected chi connectivity index (χ2v) is 7.51. The summed E-state index contributed by atoms with van der Waals surface area (Å²) in [5, 5.41) is 0. The van der Waals surface area contributed by atoms with Crippen molar-refractivity contribution < 1.29 is 17.9 Å². The molecule has 0 aliphatic carbocycles. The molecule has 0 radical (unpaired) electrons. The Morgan fingerprint density at radius 1 is 1.36 bits per heavy atom. The number of sulfone groups is 1. The maximum Gasteiger partial charge on any atom is 0.154 e. The zero-order valence-corrected chi connectivity index (χ0v) is 10.7. The van der Waals surface area contributed by atoms with Crippen LogP contribution in [0.3, 0.4) is 0 Å². The second kappa shape index (κ2) is 4.23. The van der Waals surface area contributed by atoms with E-state index in [1.165, 1.54) is 0 Å². The molecule has 0 saturated carbocycles. The number of alkyl halides is 1. The monoisotopic (exact) mass is 332 g/mol. The summed E-state index contributed by atoms with van der Waals surface area (Å²) >= 11 is 2.16. The summed E-state index contributed by atoms with van der Waals surface area (Å²) in [4.78, 5) is 0. The molecule has 2 fully saturated rings. The van der Waals surface area contributed by atoms with Crippen LogP contribution in [0.4, 0.5) is 0 Å². The van der Waals surface area contributed by atoms with E-state index in [4.69, 9.17) is 9.47 Å². The lowest BCUT2D eigenvalue weighted by Gasteiger charge is -2.17. The highest BCUT2D eigenvalue weighted by Crippen LogP contribution is 2.25. The van der Waals surface area contributed by atoms with Crippen LogP contribution in [-0.4, -0.2) is 49.3 Å². The first-order chi connectivity index (χ1) is 6.57. The highest BCUT2D eigenvalue weighted by Gasteiger charge is 2.38. The third-order valence-corrected chi connectivity index (χ3v) is 6.03. The fourth-order valence-electron chi connectivity index (χ4n) is 1.76. The van der Waals surface area contributed by atoms with E-state index in [2.05, 4.69) is 22.6 Å². The molecule has 82 valence electrons. The predicted molar refractivity (Wildman–Crippen MR) is 60.6 cm³/mol. The second-order valence-electron chi connectivity index (χ2n) is 3.75. The molecule has 2 aliphatic rings. The van der Waals surface area contributed by atoms with Crippen LogP contribution in [0.15, 0.2) is 0 Å². The Hall–Kier alpha value is 0.600. The molecule has 6 heteroatoms. The van der Waals surface area contributed by atoms with Gasteiger partial charge in [-0.15, -0.1) is 0 Å². The largest absolute Gasteiger partial charge is 0.379 e. The van der Waals surface area contributed by atoms with Gasteiger partial charge >= 0.3 is 0 Å². The van der Waals surface area contributed by atoms with Crippen molar-refractivity contribution in [2.75, 3.05) is 24.7 Å². The van der Waals surface area contributed by atoms with Gasteiger partial charge in [0.15, 0.2) is 9.84 Å². The van der Waals surface area contributed by atoms with Crippen molar-refractivity contribution >= 4 is 32.4 Å². The highest BCUT2D eigenvalue weighted by molar-refractivity contribution is 14.1. The molecule has 0 N–H and O–H groups in total. The first-order valence-corrected chi connectivity index (χ1v) is 7.71. The van der Waals surface area contributed by atoms with Gasteiger partial charge in [-0.1, -0.05) is 22.6 Å². The average molecular weight is 332 g/mol. The fourth-order valence-corrected chi connectivity index (χ4v) is 5.82. The quantitative estimate of drug-likeness (QED) is 0.542. The zero-order valence-electron chi connectivity index (χ0n) is 7.69. The van der Waals surface area contributed by atoms with Crippen LogP contribution in [0, 0.1) is 0 Å². The summed E-state index contributed by atoms with van der Waals surface area (Å²) in [5.41, 5.74) is 0. The number of hydrogen-bond donors (Lipinski definition) is 0. The Balaban J connectivity index is 1.92. The Labute approximate surface area is 97.4 Å². The van der Waals surface area contributed by atoms with Crippen molar-refractivity contribution in [3.63, 3.8) is 0 Å². The molecule has 2 rings (SSSR count). The summed E-state index contributed by atoms with van der Waals surface area (Å²) in [6, 6.07) is 0. The fraction of sp³-hybridized carbons (Fsp3) is 1.00. The summed E-state index contributed by atoms with van der Waals surface area (Å²) in [6.07, 6.45) is 0.859. The van der Waals surface area contributed by atoms with Crippen molar-refractivity contribution in [3.05, 3.63) is 0 Å². The van der Waals surface area contributed by atoms with Gasteiger partial charge in [-0.2, -0.15) is 0 Å². The molecule has 2 heterocycles. The van der Waals surface area contributed by atoms with E-state index in [1.54, 1.807) is 0 Å². The van der Waals surface area contributed by atoms with E-state index in [1.807, 2.05) is 0 Å². The Kier molecular flexibility index (Phi) is 3.35. The molecule has 3 atom stereocenters. The van der Waals surface area contributed by atoms with E-state index >= 15 is 0 Å². The molecular weight excluding hydrogens is 319 g/mol. The molecule has 0 spiro atoms. The topological polar surface area (TPSA) is 52.6 Å². The van der Waals surface area contributed by atoms with Crippen molar-refractivity contribution in [2.45, 2.75) is 22.6 Å². The van der Waals surface area contributed by atoms with Crippen molar-refractivity contribution in [1.29, 1.82) is 0 Å².